The number of hydrogen-bond acceptors (Lipinski definition) is 4. The van der Waals surface area contributed by atoms with Gasteiger partial charge in [-0.15, -0.1) is 10.2 Å². The van der Waals surface area contributed by atoms with Crippen LogP contribution in [-0.2, 0) is 16.6 Å². The van der Waals surface area contributed by atoms with Crippen molar-refractivity contribution in [3.8, 4) is 11.4 Å². The van der Waals surface area contributed by atoms with E-state index in [1.165, 1.54) is 0 Å². The number of carboxylic acids is 1. The Morgan fingerprint density at radius 1 is 1.29 bits per heavy atom. The van der Waals surface area contributed by atoms with Crippen LogP contribution in [0.25, 0.3) is 11.4 Å². The standard InChI is InChI=1S/C17H20N4O3/c1-21-10-18-20-15(21)11-4-3-7-14(9-11)19-16(22)12-5-2-6-13(8-12)17(23)24/h3-4,7,9-10,12-13H,2,5-6,8H2,1H3,(H,19,22)(H,23,24). The van der Waals surface area contributed by atoms with Crippen LogP contribution in [0.4, 0.5) is 5.69 Å². The molecule has 1 aromatic heterocycles. The number of benzene rings is 1. The molecule has 0 radical (unpaired) electrons. The fraction of sp³-hybridized carbons (Fsp3) is 0.412. The highest BCUT2D eigenvalue weighted by molar-refractivity contribution is 5.93. The molecule has 7 nitrogen and oxygen atoms in total. The highest BCUT2D eigenvalue weighted by atomic mass is 16.4. The highest BCUT2D eigenvalue weighted by Crippen LogP contribution is 2.30. The number of carbonyl (C=O) groups excluding carboxylic acids is 1. The van der Waals surface area contributed by atoms with Crippen molar-refractivity contribution in [3.05, 3.63) is 30.6 Å². The normalized spacial score (nSPS) is 20.5. The van der Waals surface area contributed by atoms with Gasteiger partial charge in [-0.1, -0.05) is 18.6 Å². The van der Waals surface area contributed by atoms with E-state index in [4.69, 9.17) is 5.11 Å². The summed E-state index contributed by atoms with van der Waals surface area (Å²) in [6.07, 6.45) is 4.19. The monoisotopic (exact) mass is 328 g/mol. The molecule has 7 heteroatoms. The minimum Gasteiger partial charge on any atom is -0.481 e. The molecule has 1 aromatic carbocycles. The minimum absolute atomic E-state index is 0.115. The van der Waals surface area contributed by atoms with Gasteiger partial charge < -0.3 is 15.0 Å². The minimum atomic E-state index is -0.809. The van der Waals surface area contributed by atoms with E-state index >= 15 is 0 Å². The third-order valence-electron chi connectivity index (χ3n) is 4.49. The number of aliphatic carboxylic acids is 1. The van der Waals surface area contributed by atoms with E-state index in [2.05, 4.69) is 15.5 Å². The van der Waals surface area contributed by atoms with Crippen LogP contribution >= 0.6 is 0 Å². The smallest absolute Gasteiger partial charge is 0.306 e. The fourth-order valence-corrected chi connectivity index (χ4v) is 3.18. The highest BCUT2D eigenvalue weighted by Gasteiger charge is 2.31. The Hall–Kier alpha value is -2.70. The van der Waals surface area contributed by atoms with Gasteiger partial charge in [0.25, 0.3) is 0 Å². The summed E-state index contributed by atoms with van der Waals surface area (Å²) in [5.41, 5.74) is 1.54. The summed E-state index contributed by atoms with van der Waals surface area (Å²) in [6.45, 7) is 0. The number of nitrogens with one attached hydrogen (secondary N) is 1. The number of anilines is 1. The third-order valence-corrected chi connectivity index (χ3v) is 4.49. The molecule has 1 aliphatic carbocycles. The molecule has 0 saturated heterocycles. The number of amides is 1. The summed E-state index contributed by atoms with van der Waals surface area (Å²) in [4.78, 5) is 23.6. The zero-order valence-corrected chi connectivity index (χ0v) is 13.5. The average molecular weight is 328 g/mol. The molecular formula is C17H20N4O3. The van der Waals surface area contributed by atoms with Crippen LogP contribution in [0.15, 0.2) is 30.6 Å². The average Bonchev–Trinajstić information content (AvgIpc) is 3.01. The molecule has 3 rings (SSSR count). The van der Waals surface area contributed by atoms with Crippen molar-refractivity contribution >= 4 is 17.6 Å². The lowest BCUT2D eigenvalue weighted by Gasteiger charge is -2.25. The first-order valence-electron chi connectivity index (χ1n) is 8.02. The first-order chi connectivity index (χ1) is 11.5. The lowest BCUT2D eigenvalue weighted by atomic mass is 9.81. The quantitative estimate of drug-likeness (QED) is 0.897. The summed E-state index contributed by atoms with van der Waals surface area (Å²) in [5.74, 6) is -0.875. The lowest BCUT2D eigenvalue weighted by molar-refractivity contribution is -0.143. The molecule has 2 unspecified atom stereocenters. The second-order valence-corrected chi connectivity index (χ2v) is 6.23. The Bertz CT molecular complexity index is 756. The Kier molecular flexibility index (Phi) is 4.59. The van der Waals surface area contributed by atoms with E-state index in [1.54, 1.807) is 10.9 Å². The number of nitrogens with zero attached hydrogens (tertiary/aromatic N) is 3. The summed E-state index contributed by atoms with van der Waals surface area (Å²) >= 11 is 0. The van der Waals surface area contributed by atoms with Crippen molar-refractivity contribution in [1.29, 1.82) is 0 Å². The molecule has 1 heterocycles. The number of aryl methyl sites for hydroxylation is 1. The number of carboxylic acid groups (broad SMARTS) is 1. The molecule has 24 heavy (non-hydrogen) atoms. The van der Waals surface area contributed by atoms with Crippen molar-refractivity contribution in [2.45, 2.75) is 25.7 Å². The Morgan fingerprint density at radius 3 is 2.79 bits per heavy atom. The van der Waals surface area contributed by atoms with Gasteiger partial charge in [0.2, 0.25) is 5.91 Å². The molecule has 2 aromatic rings. The summed E-state index contributed by atoms with van der Waals surface area (Å²) < 4.78 is 1.81. The van der Waals surface area contributed by atoms with Crippen LogP contribution in [0, 0.1) is 11.8 Å². The van der Waals surface area contributed by atoms with Crippen LogP contribution in [0.3, 0.4) is 0 Å². The summed E-state index contributed by atoms with van der Waals surface area (Å²) in [5, 5.41) is 20.0. The van der Waals surface area contributed by atoms with Gasteiger partial charge in [0, 0.05) is 24.2 Å². The van der Waals surface area contributed by atoms with Crippen LogP contribution in [0.1, 0.15) is 25.7 Å². The van der Waals surface area contributed by atoms with Crippen molar-refractivity contribution in [3.63, 3.8) is 0 Å². The number of rotatable bonds is 4. The van der Waals surface area contributed by atoms with E-state index in [0.717, 1.165) is 24.2 Å². The molecule has 2 atom stereocenters. The molecule has 0 aliphatic heterocycles. The van der Waals surface area contributed by atoms with Crippen LogP contribution in [0.5, 0.6) is 0 Å². The van der Waals surface area contributed by atoms with Crippen LogP contribution in [-0.4, -0.2) is 31.7 Å². The van der Waals surface area contributed by atoms with E-state index in [9.17, 15) is 9.59 Å². The Balaban J connectivity index is 1.71. The maximum atomic E-state index is 12.5. The SMILES string of the molecule is Cn1cnnc1-c1cccc(NC(=O)C2CCCC(C(=O)O)C2)c1. The Morgan fingerprint density at radius 2 is 2.08 bits per heavy atom. The molecule has 0 bridgehead atoms. The second kappa shape index (κ2) is 6.82. The summed E-state index contributed by atoms with van der Waals surface area (Å²) in [6, 6.07) is 7.41. The van der Waals surface area contributed by atoms with Crippen molar-refractivity contribution in [1.82, 2.24) is 14.8 Å². The van der Waals surface area contributed by atoms with Gasteiger partial charge in [-0.3, -0.25) is 9.59 Å². The molecule has 126 valence electrons. The zero-order valence-electron chi connectivity index (χ0n) is 13.5. The number of aromatic nitrogens is 3. The predicted molar refractivity (Wildman–Crippen MR) is 88.2 cm³/mol. The van der Waals surface area contributed by atoms with E-state index in [0.29, 0.717) is 18.5 Å². The second-order valence-electron chi connectivity index (χ2n) is 6.23. The molecular weight excluding hydrogens is 308 g/mol. The fourth-order valence-electron chi connectivity index (χ4n) is 3.18. The predicted octanol–water partition coefficient (Wildman–Crippen LogP) is 2.31. The molecule has 1 fully saturated rings. The van der Waals surface area contributed by atoms with Crippen LogP contribution in [0.2, 0.25) is 0 Å². The van der Waals surface area contributed by atoms with Gasteiger partial charge in [0.05, 0.1) is 5.92 Å². The maximum Gasteiger partial charge on any atom is 0.306 e. The van der Waals surface area contributed by atoms with Crippen molar-refractivity contribution < 1.29 is 14.7 Å². The van der Waals surface area contributed by atoms with Gasteiger partial charge in [-0.05, 0) is 31.4 Å². The Labute approximate surface area is 139 Å². The maximum absolute atomic E-state index is 12.5. The van der Waals surface area contributed by atoms with E-state index in [-0.39, 0.29) is 11.8 Å². The first kappa shape index (κ1) is 16.2. The van der Waals surface area contributed by atoms with Crippen LogP contribution < -0.4 is 5.32 Å². The molecule has 1 amide bonds. The molecule has 1 saturated carbocycles. The zero-order chi connectivity index (χ0) is 17.1. The van der Waals surface area contributed by atoms with E-state index in [1.807, 2.05) is 31.3 Å². The number of carbonyl (C=O) groups is 2. The van der Waals surface area contributed by atoms with Gasteiger partial charge in [0.15, 0.2) is 5.82 Å². The number of hydrogen-bond donors (Lipinski definition) is 2. The molecule has 1 aliphatic rings. The third kappa shape index (κ3) is 3.45. The largest absolute Gasteiger partial charge is 0.481 e. The van der Waals surface area contributed by atoms with Gasteiger partial charge in [-0.25, -0.2) is 0 Å². The van der Waals surface area contributed by atoms with Crippen molar-refractivity contribution in [2.75, 3.05) is 5.32 Å². The first-order valence-corrected chi connectivity index (χ1v) is 8.02. The van der Waals surface area contributed by atoms with E-state index < -0.39 is 11.9 Å². The van der Waals surface area contributed by atoms with Gasteiger partial charge in [-0.2, -0.15) is 0 Å². The van der Waals surface area contributed by atoms with Gasteiger partial charge >= 0.3 is 5.97 Å². The van der Waals surface area contributed by atoms with Crippen molar-refractivity contribution in [2.24, 2.45) is 18.9 Å². The lowest BCUT2D eigenvalue weighted by Crippen LogP contribution is -2.30. The molecule has 2 N–H and O–H groups in total. The van der Waals surface area contributed by atoms with Gasteiger partial charge in [0.1, 0.15) is 6.33 Å². The molecule has 0 spiro atoms. The summed E-state index contributed by atoms with van der Waals surface area (Å²) in [7, 11) is 1.86. The topological polar surface area (TPSA) is 97.1 Å².